The molecule has 0 amide bonds. The van der Waals surface area contributed by atoms with E-state index >= 15 is 0 Å². The summed E-state index contributed by atoms with van der Waals surface area (Å²) in [4.78, 5) is 4.20. The fourth-order valence-electron chi connectivity index (χ4n) is 2.00. The molecule has 7 heteroatoms. The minimum Gasteiger partial charge on any atom is -0.347 e. The first-order valence-corrected chi connectivity index (χ1v) is 7.93. The first-order chi connectivity index (χ1) is 8.78. The molecule has 2 rings (SSSR count). The standard InChI is InChI=1S/C12H15ClN2O3S/c1-8-6-11-10(12(13)14-8)7-9(15(11)2)4-5-18-19(3,16)17/h6-7H,4-5H2,1-3H3. The summed E-state index contributed by atoms with van der Waals surface area (Å²) in [7, 11) is -1.49. The van der Waals surface area contributed by atoms with Crippen LogP contribution in [0.4, 0.5) is 0 Å². The molecule has 2 heterocycles. The van der Waals surface area contributed by atoms with Crippen molar-refractivity contribution < 1.29 is 12.6 Å². The Labute approximate surface area is 117 Å². The maximum atomic E-state index is 10.9. The summed E-state index contributed by atoms with van der Waals surface area (Å²) in [6.07, 6.45) is 1.53. The highest BCUT2D eigenvalue weighted by atomic mass is 35.5. The number of pyridine rings is 1. The van der Waals surface area contributed by atoms with Gasteiger partial charge in [-0.3, -0.25) is 4.18 Å². The van der Waals surface area contributed by atoms with Crippen molar-refractivity contribution in [2.45, 2.75) is 13.3 Å². The van der Waals surface area contributed by atoms with Gasteiger partial charge in [0.1, 0.15) is 5.15 Å². The van der Waals surface area contributed by atoms with E-state index in [2.05, 4.69) is 4.98 Å². The van der Waals surface area contributed by atoms with Crippen molar-refractivity contribution in [1.82, 2.24) is 9.55 Å². The SMILES string of the molecule is Cc1cc2c(cc(CCOS(C)(=O)=O)n2C)c(Cl)n1. The molecule has 0 saturated carbocycles. The number of rotatable bonds is 4. The summed E-state index contributed by atoms with van der Waals surface area (Å²) >= 11 is 6.10. The van der Waals surface area contributed by atoms with Crippen LogP contribution in [0.5, 0.6) is 0 Å². The Kier molecular flexibility index (Phi) is 3.85. The van der Waals surface area contributed by atoms with E-state index in [0.717, 1.165) is 28.5 Å². The highest BCUT2D eigenvalue weighted by Crippen LogP contribution is 2.25. The lowest BCUT2D eigenvalue weighted by molar-refractivity contribution is 0.323. The Morgan fingerprint density at radius 2 is 2.11 bits per heavy atom. The molecular weight excluding hydrogens is 288 g/mol. The first kappa shape index (κ1) is 14.3. The first-order valence-electron chi connectivity index (χ1n) is 5.74. The van der Waals surface area contributed by atoms with Crippen LogP contribution in [0.3, 0.4) is 0 Å². The molecule has 2 aromatic heterocycles. The van der Waals surface area contributed by atoms with E-state index in [4.69, 9.17) is 15.8 Å². The second kappa shape index (κ2) is 5.11. The number of halogens is 1. The highest BCUT2D eigenvalue weighted by molar-refractivity contribution is 7.85. The maximum Gasteiger partial charge on any atom is 0.264 e. The van der Waals surface area contributed by atoms with Gasteiger partial charge in [0.25, 0.3) is 10.1 Å². The van der Waals surface area contributed by atoms with Gasteiger partial charge in [-0.2, -0.15) is 8.42 Å². The molecule has 0 unspecified atom stereocenters. The van der Waals surface area contributed by atoms with Crippen LogP contribution in [-0.4, -0.2) is 30.8 Å². The molecular formula is C12H15ClN2O3S. The topological polar surface area (TPSA) is 61.2 Å². The molecule has 0 N–H and O–H groups in total. The Balaban J connectivity index is 2.30. The largest absolute Gasteiger partial charge is 0.347 e. The van der Waals surface area contributed by atoms with E-state index in [1.165, 1.54) is 0 Å². The lowest BCUT2D eigenvalue weighted by atomic mass is 10.2. The normalized spacial score (nSPS) is 12.2. The number of hydrogen-bond acceptors (Lipinski definition) is 4. The van der Waals surface area contributed by atoms with Gasteiger partial charge >= 0.3 is 0 Å². The zero-order valence-electron chi connectivity index (χ0n) is 11.0. The fourth-order valence-corrected chi connectivity index (χ4v) is 2.67. The maximum absolute atomic E-state index is 10.9. The van der Waals surface area contributed by atoms with E-state index in [1.807, 2.05) is 30.7 Å². The minimum atomic E-state index is -3.40. The van der Waals surface area contributed by atoms with Crippen molar-refractivity contribution >= 4 is 32.6 Å². The summed E-state index contributed by atoms with van der Waals surface area (Å²) in [5.74, 6) is 0. The van der Waals surface area contributed by atoms with Crippen LogP contribution < -0.4 is 0 Å². The van der Waals surface area contributed by atoms with Crippen molar-refractivity contribution in [2.24, 2.45) is 7.05 Å². The van der Waals surface area contributed by atoms with Gasteiger partial charge in [-0.15, -0.1) is 0 Å². The van der Waals surface area contributed by atoms with Gasteiger partial charge in [0.2, 0.25) is 0 Å². The molecule has 0 bridgehead atoms. The number of hydrogen-bond donors (Lipinski definition) is 0. The number of fused-ring (bicyclic) bond motifs is 1. The molecule has 2 aromatic rings. The van der Waals surface area contributed by atoms with E-state index < -0.39 is 10.1 Å². The van der Waals surface area contributed by atoms with Crippen LogP contribution in [-0.2, 0) is 27.8 Å². The molecule has 5 nitrogen and oxygen atoms in total. The fraction of sp³-hybridized carbons (Fsp3) is 0.417. The number of aryl methyl sites for hydroxylation is 2. The molecule has 0 radical (unpaired) electrons. The summed E-state index contributed by atoms with van der Waals surface area (Å²) in [5, 5.41) is 1.32. The van der Waals surface area contributed by atoms with Crippen molar-refractivity contribution in [3.63, 3.8) is 0 Å². The lowest BCUT2D eigenvalue weighted by Gasteiger charge is -2.04. The zero-order chi connectivity index (χ0) is 14.2. The summed E-state index contributed by atoms with van der Waals surface area (Å²) in [6.45, 7) is 2.00. The molecule has 0 aliphatic heterocycles. The van der Waals surface area contributed by atoms with Crippen molar-refractivity contribution in [3.05, 3.63) is 28.7 Å². The van der Waals surface area contributed by atoms with Crippen LogP contribution in [0.15, 0.2) is 12.1 Å². The van der Waals surface area contributed by atoms with Crippen LogP contribution >= 0.6 is 11.6 Å². The van der Waals surface area contributed by atoms with E-state index in [0.29, 0.717) is 11.6 Å². The summed E-state index contributed by atoms with van der Waals surface area (Å²) in [6, 6.07) is 3.86. The number of nitrogens with zero attached hydrogens (tertiary/aromatic N) is 2. The second-order valence-corrected chi connectivity index (χ2v) is 6.46. The minimum absolute atomic E-state index is 0.118. The Bertz CT molecular complexity index is 722. The lowest BCUT2D eigenvalue weighted by Crippen LogP contribution is -2.08. The van der Waals surface area contributed by atoms with Crippen molar-refractivity contribution in [2.75, 3.05) is 12.9 Å². The Morgan fingerprint density at radius 3 is 2.74 bits per heavy atom. The van der Waals surface area contributed by atoms with Crippen molar-refractivity contribution in [3.8, 4) is 0 Å². The third-order valence-corrected chi connectivity index (χ3v) is 3.76. The zero-order valence-corrected chi connectivity index (χ0v) is 12.5. The van der Waals surface area contributed by atoms with E-state index in [1.54, 1.807) is 0 Å². The van der Waals surface area contributed by atoms with E-state index in [-0.39, 0.29) is 6.61 Å². The van der Waals surface area contributed by atoms with Gasteiger partial charge in [-0.05, 0) is 19.1 Å². The van der Waals surface area contributed by atoms with Gasteiger partial charge in [-0.25, -0.2) is 4.98 Å². The van der Waals surface area contributed by atoms with Crippen molar-refractivity contribution in [1.29, 1.82) is 0 Å². The van der Waals surface area contributed by atoms with Gasteiger partial charge in [0.05, 0.1) is 18.4 Å². The average Bonchev–Trinajstić information content (AvgIpc) is 2.56. The molecule has 0 aromatic carbocycles. The van der Waals surface area contributed by atoms with E-state index in [9.17, 15) is 8.42 Å². The second-order valence-electron chi connectivity index (χ2n) is 4.46. The molecule has 19 heavy (non-hydrogen) atoms. The predicted octanol–water partition coefficient (Wildman–Crippen LogP) is 2.05. The molecule has 0 aliphatic rings. The Morgan fingerprint density at radius 1 is 1.42 bits per heavy atom. The van der Waals surface area contributed by atoms with Crippen LogP contribution in [0.2, 0.25) is 5.15 Å². The molecule has 0 aliphatic carbocycles. The van der Waals surface area contributed by atoms with Gasteiger partial charge in [0, 0.05) is 30.2 Å². The van der Waals surface area contributed by atoms with Crippen LogP contribution in [0, 0.1) is 6.92 Å². The van der Waals surface area contributed by atoms with Gasteiger partial charge < -0.3 is 4.57 Å². The number of aromatic nitrogens is 2. The Hall–Kier alpha value is -1.11. The third-order valence-electron chi connectivity index (χ3n) is 2.88. The monoisotopic (exact) mass is 302 g/mol. The molecule has 0 fully saturated rings. The van der Waals surface area contributed by atoms with Crippen LogP contribution in [0.25, 0.3) is 10.9 Å². The van der Waals surface area contributed by atoms with Gasteiger partial charge in [-0.1, -0.05) is 11.6 Å². The highest BCUT2D eigenvalue weighted by Gasteiger charge is 2.11. The van der Waals surface area contributed by atoms with Gasteiger partial charge in [0.15, 0.2) is 0 Å². The molecule has 0 saturated heterocycles. The molecule has 104 valence electrons. The molecule has 0 spiro atoms. The average molecular weight is 303 g/mol. The smallest absolute Gasteiger partial charge is 0.264 e. The summed E-state index contributed by atoms with van der Waals surface area (Å²) in [5.41, 5.74) is 2.78. The van der Waals surface area contributed by atoms with Crippen LogP contribution in [0.1, 0.15) is 11.4 Å². The summed E-state index contributed by atoms with van der Waals surface area (Å²) < 4.78 is 28.6. The predicted molar refractivity (Wildman–Crippen MR) is 75.0 cm³/mol. The quantitative estimate of drug-likeness (QED) is 0.640. The molecule has 0 atom stereocenters. The third kappa shape index (κ3) is 3.26.